The minimum absolute atomic E-state index is 0.0896. The predicted molar refractivity (Wildman–Crippen MR) is 76.9 cm³/mol. The van der Waals surface area contributed by atoms with Crippen molar-refractivity contribution in [3.8, 4) is 0 Å². The standard InChI is InChI=1S/C16H22N2O/c1-2-16(7-3-4-8-16)15(17)11-5-6-13-12(9-11)10-14(19)18-13/h5-6,9,15H,2-4,7-8,10,17H2,1H3,(H,18,19). The van der Waals surface area contributed by atoms with Crippen molar-refractivity contribution in [2.45, 2.75) is 51.5 Å². The second kappa shape index (κ2) is 4.64. The molecule has 1 unspecified atom stereocenters. The largest absolute Gasteiger partial charge is 0.326 e. The molecule has 1 saturated carbocycles. The van der Waals surface area contributed by atoms with Crippen LogP contribution in [-0.4, -0.2) is 5.91 Å². The number of anilines is 1. The van der Waals surface area contributed by atoms with E-state index >= 15 is 0 Å². The highest BCUT2D eigenvalue weighted by Gasteiger charge is 2.38. The summed E-state index contributed by atoms with van der Waals surface area (Å²) in [5.41, 5.74) is 10.1. The van der Waals surface area contributed by atoms with Crippen molar-refractivity contribution in [3.05, 3.63) is 29.3 Å². The van der Waals surface area contributed by atoms with Crippen LogP contribution in [0.5, 0.6) is 0 Å². The summed E-state index contributed by atoms with van der Waals surface area (Å²) >= 11 is 0. The van der Waals surface area contributed by atoms with Gasteiger partial charge in [0.1, 0.15) is 0 Å². The van der Waals surface area contributed by atoms with Crippen LogP contribution in [0.3, 0.4) is 0 Å². The number of rotatable bonds is 3. The number of nitrogens with two attached hydrogens (primary N) is 1. The van der Waals surface area contributed by atoms with Gasteiger partial charge in [-0.25, -0.2) is 0 Å². The first kappa shape index (κ1) is 12.7. The van der Waals surface area contributed by atoms with Crippen molar-refractivity contribution in [1.29, 1.82) is 0 Å². The summed E-state index contributed by atoms with van der Waals surface area (Å²) in [6, 6.07) is 6.33. The van der Waals surface area contributed by atoms with Crippen LogP contribution in [0.1, 0.15) is 56.2 Å². The molecule has 1 amide bonds. The van der Waals surface area contributed by atoms with Crippen LogP contribution >= 0.6 is 0 Å². The molecule has 0 saturated heterocycles. The Morgan fingerprint density at radius 3 is 2.79 bits per heavy atom. The number of carbonyl (C=O) groups excluding carboxylic acids is 1. The minimum atomic E-state index is 0.0896. The van der Waals surface area contributed by atoms with Gasteiger partial charge in [-0.3, -0.25) is 4.79 Å². The predicted octanol–water partition coefficient (Wildman–Crippen LogP) is 3.15. The van der Waals surface area contributed by atoms with Gasteiger partial charge in [0.25, 0.3) is 0 Å². The molecule has 1 heterocycles. The summed E-state index contributed by atoms with van der Waals surface area (Å²) in [5.74, 6) is 0.0896. The van der Waals surface area contributed by atoms with Crippen molar-refractivity contribution < 1.29 is 4.79 Å². The third-order valence-corrected chi connectivity index (χ3v) is 5.08. The van der Waals surface area contributed by atoms with Gasteiger partial charge >= 0.3 is 0 Å². The van der Waals surface area contributed by atoms with Gasteiger partial charge in [0.15, 0.2) is 0 Å². The van der Waals surface area contributed by atoms with E-state index < -0.39 is 0 Å². The summed E-state index contributed by atoms with van der Waals surface area (Å²) < 4.78 is 0. The van der Waals surface area contributed by atoms with Crippen molar-refractivity contribution in [2.24, 2.45) is 11.1 Å². The number of carbonyl (C=O) groups is 1. The average Bonchev–Trinajstić information content (AvgIpc) is 3.02. The number of hydrogen-bond donors (Lipinski definition) is 2. The molecule has 3 rings (SSSR count). The molecule has 1 fully saturated rings. The maximum Gasteiger partial charge on any atom is 0.228 e. The second-order valence-electron chi connectivity index (χ2n) is 6.04. The lowest BCUT2D eigenvalue weighted by molar-refractivity contribution is -0.115. The highest BCUT2D eigenvalue weighted by atomic mass is 16.1. The van der Waals surface area contributed by atoms with Gasteiger partial charge in [0.2, 0.25) is 5.91 Å². The van der Waals surface area contributed by atoms with Gasteiger partial charge in [-0.2, -0.15) is 0 Å². The zero-order valence-electron chi connectivity index (χ0n) is 11.5. The number of nitrogens with one attached hydrogen (secondary N) is 1. The topological polar surface area (TPSA) is 55.1 Å². The van der Waals surface area contributed by atoms with E-state index in [1.54, 1.807) is 0 Å². The molecule has 1 aromatic rings. The van der Waals surface area contributed by atoms with Crippen LogP contribution in [0.2, 0.25) is 0 Å². The average molecular weight is 258 g/mol. The van der Waals surface area contributed by atoms with Crippen LogP contribution in [0.25, 0.3) is 0 Å². The molecule has 2 aliphatic rings. The van der Waals surface area contributed by atoms with Crippen LogP contribution in [0, 0.1) is 5.41 Å². The first-order valence-corrected chi connectivity index (χ1v) is 7.33. The minimum Gasteiger partial charge on any atom is -0.326 e. The van der Waals surface area contributed by atoms with Crippen LogP contribution in [0.15, 0.2) is 18.2 Å². The zero-order chi connectivity index (χ0) is 13.5. The molecule has 0 bridgehead atoms. The molecular formula is C16H22N2O. The van der Waals surface area contributed by atoms with Crippen molar-refractivity contribution in [1.82, 2.24) is 0 Å². The summed E-state index contributed by atoms with van der Waals surface area (Å²) in [4.78, 5) is 11.4. The van der Waals surface area contributed by atoms with Gasteiger partial charge in [-0.05, 0) is 41.9 Å². The van der Waals surface area contributed by atoms with Gasteiger partial charge in [-0.15, -0.1) is 0 Å². The Balaban J connectivity index is 1.90. The summed E-state index contributed by atoms with van der Waals surface area (Å²) in [7, 11) is 0. The quantitative estimate of drug-likeness (QED) is 0.875. The maximum atomic E-state index is 11.4. The molecule has 1 aliphatic carbocycles. The number of fused-ring (bicyclic) bond motifs is 1. The number of hydrogen-bond acceptors (Lipinski definition) is 2. The van der Waals surface area contributed by atoms with Crippen molar-refractivity contribution in [2.75, 3.05) is 5.32 Å². The first-order chi connectivity index (χ1) is 9.14. The zero-order valence-corrected chi connectivity index (χ0v) is 11.5. The monoisotopic (exact) mass is 258 g/mol. The van der Waals surface area contributed by atoms with Crippen molar-refractivity contribution in [3.63, 3.8) is 0 Å². The van der Waals surface area contributed by atoms with E-state index in [2.05, 4.69) is 24.4 Å². The fourth-order valence-corrected chi connectivity index (χ4v) is 3.76. The molecule has 0 aromatic heterocycles. The van der Waals surface area contributed by atoms with E-state index in [1.807, 2.05) is 6.07 Å². The van der Waals surface area contributed by atoms with Crippen LogP contribution in [-0.2, 0) is 11.2 Å². The molecule has 102 valence electrons. The van der Waals surface area contributed by atoms with E-state index in [9.17, 15) is 4.79 Å². The third kappa shape index (κ3) is 2.06. The van der Waals surface area contributed by atoms with E-state index in [-0.39, 0.29) is 17.4 Å². The van der Waals surface area contributed by atoms with E-state index in [4.69, 9.17) is 5.73 Å². The molecule has 1 aliphatic heterocycles. The third-order valence-electron chi connectivity index (χ3n) is 5.08. The van der Waals surface area contributed by atoms with E-state index in [1.165, 1.54) is 31.2 Å². The fourth-order valence-electron chi connectivity index (χ4n) is 3.76. The van der Waals surface area contributed by atoms with Gasteiger partial charge < -0.3 is 11.1 Å². The van der Waals surface area contributed by atoms with Crippen LogP contribution < -0.4 is 11.1 Å². The Kier molecular flexibility index (Phi) is 3.09. The van der Waals surface area contributed by atoms with Gasteiger partial charge in [-0.1, -0.05) is 31.9 Å². The molecule has 3 nitrogen and oxygen atoms in total. The van der Waals surface area contributed by atoms with Crippen molar-refractivity contribution >= 4 is 11.6 Å². The number of benzene rings is 1. The Morgan fingerprint density at radius 1 is 1.37 bits per heavy atom. The molecule has 3 N–H and O–H groups in total. The SMILES string of the molecule is CCC1(C(N)c2ccc3c(c2)CC(=O)N3)CCCC1. The smallest absolute Gasteiger partial charge is 0.228 e. The maximum absolute atomic E-state index is 11.4. The lowest BCUT2D eigenvalue weighted by Crippen LogP contribution is -2.31. The summed E-state index contributed by atoms with van der Waals surface area (Å²) in [6.07, 6.45) is 6.70. The molecule has 1 aromatic carbocycles. The van der Waals surface area contributed by atoms with E-state index in [0.29, 0.717) is 6.42 Å². The highest BCUT2D eigenvalue weighted by Crippen LogP contribution is 2.49. The Morgan fingerprint density at radius 2 is 2.11 bits per heavy atom. The molecule has 0 radical (unpaired) electrons. The van der Waals surface area contributed by atoms with Crippen LogP contribution in [0.4, 0.5) is 5.69 Å². The fraction of sp³-hybridized carbons (Fsp3) is 0.562. The number of amides is 1. The lowest BCUT2D eigenvalue weighted by Gasteiger charge is -2.35. The lowest BCUT2D eigenvalue weighted by atomic mass is 9.73. The Hall–Kier alpha value is -1.35. The summed E-state index contributed by atoms with van der Waals surface area (Å²) in [5, 5.41) is 2.88. The highest BCUT2D eigenvalue weighted by molar-refractivity contribution is 5.99. The Labute approximate surface area is 114 Å². The molecule has 1 atom stereocenters. The normalized spacial score (nSPS) is 22.1. The van der Waals surface area contributed by atoms with Gasteiger partial charge in [0, 0.05) is 11.7 Å². The molecule has 19 heavy (non-hydrogen) atoms. The summed E-state index contributed by atoms with van der Waals surface area (Å²) in [6.45, 7) is 2.25. The Bertz CT molecular complexity index is 503. The van der Waals surface area contributed by atoms with Gasteiger partial charge in [0.05, 0.1) is 6.42 Å². The molecule has 0 spiro atoms. The molecular weight excluding hydrogens is 236 g/mol. The molecule has 3 heteroatoms. The van der Waals surface area contributed by atoms with E-state index in [0.717, 1.165) is 17.7 Å². The second-order valence-corrected chi connectivity index (χ2v) is 6.04. The first-order valence-electron chi connectivity index (χ1n) is 7.33.